The van der Waals surface area contributed by atoms with Crippen LogP contribution in [-0.2, 0) is 0 Å². The molecule has 0 fully saturated rings. The first-order valence-electron chi connectivity index (χ1n) is 4.84. The smallest absolute Gasteiger partial charge is 0.126 e. The highest BCUT2D eigenvalue weighted by Crippen LogP contribution is 2.13. The van der Waals surface area contributed by atoms with E-state index in [4.69, 9.17) is 0 Å². The summed E-state index contributed by atoms with van der Waals surface area (Å²) < 4.78 is 25.8. The molecular weight excluding hydrogens is 196 g/mol. The number of nitrogens with one attached hydrogen (secondary N) is 1. The van der Waals surface area contributed by atoms with Crippen LogP contribution in [-0.4, -0.2) is 13.1 Å². The van der Waals surface area contributed by atoms with Crippen LogP contribution < -0.4 is 5.32 Å². The molecule has 15 heavy (non-hydrogen) atoms. The molecule has 0 aromatic heterocycles. The van der Waals surface area contributed by atoms with Crippen molar-refractivity contribution in [2.75, 3.05) is 7.05 Å². The van der Waals surface area contributed by atoms with Gasteiger partial charge in [0.1, 0.15) is 11.6 Å². The average molecular weight is 211 g/mol. The van der Waals surface area contributed by atoms with Crippen molar-refractivity contribution in [3.8, 4) is 0 Å². The molecule has 0 aliphatic heterocycles. The summed E-state index contributed by atoms with van der Waals surface area (Å²) in [7, 11) is 1.84. The van der Waals surface area contributed by atoms with E-state index in [9.17, 15) is 8.78 Å². The van der Waals surface area contributed by atoms with E-state index in [0.717, 1.165) is 11.6 Å². The van der Waals surface area contributed by atoms with Crippen molar-refractivity contribution in [1.82, 2.24) is 5.32 Å². The van der Waals surface area contributed by atoms with Gasteiger partial charge in [0, 0.05) is 12.1 Å². The molecule has 0 heterocycles. The highest BCUT2D eigenvalue weighted by Gasteiger charge is 2.02. The maximum absolute atomic E-state index is 12.9. The van der Waals surface area contributed by atoms with Crippen molar-refractivity contribution in [1.29, 1.82) is 0 Å². The highest BCUT2D eigenvalue weighted by atomic mass is 19.1. The first-order valence-corrected chi connectivity index (χ1v) is 4.84. The van der Waals surface area contributed by atoms with E-state index in [1.165, 1.54) is 12.1 Å². The lowest BCUT2D eigenvalue weighted by Crippen LogP contribution is -2.21. The number of hydrogen-bond acceptors (Lipinski definition) is 1. The van der Waals surface area contributed by atoms with E-state index >= 15 is 0 Å². The predicted octanol–water partition coefficient (Wildman–Crippen LogP) is 2.98. The van der Waals surface area contributed by atoms with Crippen molar-refractivity contribution in [3.05, 3.63) is 41.0 Å². The van der Waals surface area contributed by atoms with Crippen LogP contribution in [0.3, 0.4) is 0 Å². The van der Waals surface area contributed by atoms with Gasteiger partial charge in [-0.3, -0.25) is 0 Å². The molecule has 1 rings (SSSR count). The minimum absolute atomic E-state index is 0.191. The van der Waals surface area contributed by atoms with Crippen LogP contribution in [0.15, 0.2) is 23.8 Å². The van der Waals surface area contributed by atoms with Crippen LogP contribution >= 0.6 is 0 Å². The second kappa shape index (κ2) is 5.03. The molecule has 3 heteroatoms. The Hall–Kier alpha value is -1.22. The van der Waals surface area contributed by atoms with Crippen molar-refractivity contribution in [3.63, 3.8) is 0 Å². The Morgan fingerprint density at radius 1 is 1.27 bits per heavy atom. The Morgan fingerprint density at radius 3 is 2.27 bits per heavy atom. The molecule has 0 aliphatic rings. The molecule has 82 valence electrons. The van der Waals surface area contributed by atoms with Crippen LogP contribution in [0.4, 0.5) is 8.78 Å². The average Bonchev–Trinajstić information content (AvgIpc) is 2.14. The third-order valence-electron chi connectivity index (χ3n) is 2.40. The van der Waals surface area contributed by atoms with E-state index in [0.29, 0.717) is 5.56 Å². The number of hydrogen-bond donors (Lipinski definition) is 1. The molecule has 1 unspecified atom stereocenters. The molecule has 0 spiro atoms. The second-order valence-corrected chi connectivity index (χ2v) is 3.60. The van der Waals surface area contributed by atoms with E-state index in [2.05, 4.69) is 5.32 Å². The van der Waals surface area contributed by atoms with Crippen LogP contribution in [0, 0.1) is 11.6 Å². The van der Waals surface area contributed by atoms with Crippen molar-refractivity contribution in [2.24, 2.45) is 0 Å². The molecule has 1 aromatic carbocycles. The zero-order chi connectivity index (χ0) is 11.4. The van der Waals surface area contributed by atoms with Gasteiger partial charge in [0.25, 0.3) is 0 Å². The van der Waals surface area contributed by atoms with Gasteiger partial charge in [-0.05, 0) is 38.6 Å². The summed E-state index contributed by atoms with van der Waals surface area (Å²) in [5, 5.41) is 3.06. The summed E-state index contributed by atoms with van der Waals surface area (Å²) in [4.78, 5) is 0. The topological polar surface area (TPSA) is 12.0 Å². The molecule has 1 nitrogen and oxygen atoms in total. The zero-order valence-corrected chi connectivity index (χ0v) is 9.14. The number of likely N-dealkylation sites (N-methyl/N-ethyl adjacent to an activating group) is 1. The quantitative estimate of drug-likeness (QED) is 0.810. The molecule has 0 saturated carbocycles. The summed E-state index contributed by atoms with van der Waals surface area (Å²) in [6.45, 7) is 3.91. The Labute approximate surface area is 88.8 Å². The van der Waals surface area contributed by atoms with Gasteiger partial charge in [-0.1, -0.05) is 11.6 Å². The largest absolute Gasteiger partial charge is 0.314 e. The Morgan fingerprint density at radius 2 is 1.80 bits per heavy atom. The normalized spacial score (nSPS) is 14.1. The summed E-state index contributed by atoms with van der Waals surface area (Å²) in [6, 6.07) is 3.69. The van der Waals surface area contributed by atoms with Crippen LogP contribution in [0.5, 0.6) is 0 Å². The minimum Gasteiger partial charge on any atom is -0.314 e. The maximum atomic E-state index is 12.9. The monoisotopic (exact) mass is 211 g/mol. The molecule has 1 N–H and O–H groups in total. The van der Waals surface area contributed by atoms with E-state index in [1.54, 1.807) is 6.08 Å². The third kappa shape index (κ3) is 3.44. The van der Waals surface area contributed by atoms with Gasteiger partial charge in [0.05, 0.1) is 0 Å². The second-order valence-electron chi connectivity index (χ2n) is 3.60. The summed E-state index contributed by atoms with van der Waals surface area (Å²) in [6.07, 6.45) is 1.77. The lowest BCUT2D eigenvalue weighted by Gasteiger charge is -2.10. The van der Waals surface area contributed by atoms with Crippen molar-refractivity contribution in [2.45, 2.75) is 19.9 Å². The van der Waals surface area contributed by atoms with E-state index < -0.39 is 11.6 Å². The zero-order valence-electron chi connectivity index (χ0n) is 9.14. The fourth-order valence-electron chi connectivity index (χ4n) is 1.27. The molecule has 1 aromatic rings. The first-order chi connectivity index (χ1) is 7.02. The van der Waals surface area contributed by atoms with Crippen molar-refractivity contribution < 1.29 is 8.78 Å². The standard InChI is InChI=1S/C12H15F2N/c1-8(9(2)15-3)4-10-5-11(13)7-12(14)6-10/h4-7,9,15H,1-3H3/b8-4+. The molecule has 0 bridgehead atoms. The van der Waals surface area contributed by atoms with E-state index in [-0.39, 0.29) is 6.04 Å². The molecule has 0 saturated heterocycles. The number of rotatable bonds is 3. The first kappa shape index (κ1) is 11.9. The van der Waals surface area contributed by atoms with Crippen LogP contribution in [0.1, 0.15) is 19.4 Å². The summed E-state index contributed by atoms with van der Waals surface area (Å²) in [5.74, 6) is -1.10. The molecule has 0 amide bonds. The van der Waals surface area contributed by atoms with Gasteiger partial charge in [0.15, 0.2) is 0 Å². The molecule has 1 atom stereocenters. The van der Waals surface area contributed by atoms with Crippen molar-refractivity contribution >= 4 is 6.08 Å². The molecular formula is C12H15F2N. The molecule has 0 radical (unpaired) electrons. The Kier molecular flexibility index (Phi) is 3.97. The summed E-state index contributed by atoms with van der Waals surface area (Å²) >= 11 is 0. The van der Waals surface area contributed by atoms with Gasteiger partial charge in [-0.15, -0.1) is 0 Å². The fourth-order valence-corrected chi connectivity index (χ4v) is 1.27. The Balaban J connectivity index is 2.97. The summed E-state index contributed by atoms with van der Waals surface area (Å²) in [5.41, 5.74) is 1.58. The SMILES string of the molecule is CNC(C)/C(C)=C/c1cc(F)cc(F)c1. The Bertz CT molecular complexity index is 352. The lowest BCUT2D eigenvalue weighted by molar-refractivity contribution is 0.582. The van der Waals surface area contributed by atoms with E-state index in [1.807, 2.05) is 20.9 Å². The molecule has 0 aliphatic carbocycles. The van der Waals surface area contributed by atoms with Gasteiger partial charge in [-0.2, -0.15) is 0 Å². The van der Waals surface area contributed by atoms with Crippen LogP contribution in [0.2, 0.25) is 0 Å². The lowest BCUT2D eigenvalue weighted by atomic mass is 10.1. The van der Waals surface area contributed by atoms with Gasteiger partial charge < -0.3 is 5.32 Å². The number of halogens is 2. The maximum Gasteiger partial charge on any atom is 0.126 e. The third-order valence-corrected chi connectivity index (χ3v) is 2.40. The van der Waals surface area contributed by atoms with Gasteiger partial charge >= 0.3 is 0 Å². The van der Waals surface area contributed by atoms with Crippen LogP contribution in [0.25, 0.3) is 6.08 Å². The van der Waals surface area contributed by atoms with Gasteiger partial charge in [-0.25, -0.2) is 8.78 Å². The number of benzene rings is 1. The predicted molar refractivity (Wildman–Crippen MR) is 58.5 cm³/mol. The van der Waals surface area contributed by atoms with Gasteiger partial charge in [0.2, 0.25) is 0 Å². The highest BCUT2D eigenvalue weighted by molar-refractivity contribution is 5.53. The fraction of sp³-hybridized carbons (Fsp3) is 0.333. The minimum atomic E-state index is -0.550.